The standard InChI is InChI=1S/C22H27FN6O6/c1-15(30)25-11-18-13-28(22(32)35-18)17-2-3-20(19(23)8-17)27-4-5-29(34-7-6-27)21(31)12-24-9-16-10-26-33-14-16/h2-3,8,10,14,18,24H,4-7,9,11-13H2,1H3,(H,25,30)/t18-/m0/s1. The number of hydroxylamine groups is 2. The van der Waals surface area contributed by atoms with Gasteiger partial charge in [-0.25, -0.2) is 14.2 Å². The molecule has 3 heterocycles. The van der Waals surface area contributed by atoms with E-state index in [1.807, 2.05) is 0 Å². The van der Waals surface area contributed by atoms with E-state index in [9.17, 15) is 14.4 Å². The van der Waals surface area contributed by atoms with E-state index < -0.39 is 18.0 Å². The minimum Gasteiger partial charge on any atom is -0.442 e. The van der Waals surface area contributed by atoms with Crippen LogP contribution in [0.3, 0.4) is 0 Å². The molecule has 0 saturated carbocycles. The van der Waals surface area contributed by atoms with E-state index in [0.29, 0.717) is 31.0 Å². The number of halogens is 1. The number of carbonyl (C=O) groups excluding carboxylic acids is 3. The van der Waals surface area contributed by atoms with Gasteiger partial charge in [-0.2, -0.15) is 0 Å². The van der Waals surface area contributed by atoms with E-state index in [0.717, 1.165) is 5.56 Å². The van der Waals surface area contributed by atoms with E-state index in [4.69, 9.17) is 14.1 Å². The molecule has 4 rings (SSSR count). The average Bonchev–Trinajstić information content (AvgIpc) is 3.40. The van der Waals surface area contributed by atoms with E-state index in [1.165, 1.54) is 29.2 Å². The summed E-state index contributed by atoms with van der Waals surface area (Å²) in [7, 11) is 0. The van der Waals surface area contributed by atoms with Crippen molar-refractivity contribution < 1.29 is 32.9 Å². The summed E-state index contributed by atoms with van der Waals surface area (Å²) in [6.07, 6.45) is 1.96. The summed E-state index contributed by atoms with van der Waals surface area (Å²) >= 11 is 0. The predicted octanol–water partition coefficient (Wildman–Crippen LogP) is 0.645. The van der Waals surface area contributed by atoms with Crippen LogP contribution in [0, 0.1) is 5.82 Å². The van der Waals surface area contributed by atoms with Gasteiger partial charge < -0.3 is 24.8 Å². The molecule has 3 amide bonds. The SMILES string of the molecule is CC(=O)NC[C@H]1CN(c2ccc(N3CCON(C(=O)CNCc4cnoc4)CC3)c(F)c2)C(=O)O1. The van der Waals surface area contributed by atoms with Crippen LogP contribution in [0.2, 0.25) is 0 Å². The lowest BCUT2D eigenvalue weighted by atomic mass is 10.2. The molecule has 0 aliphatic carbocycles. The van der Waals surface area contributed by atoms with Crippen LogP contribution in [0.4, 0.5) is 20.6 Å². The topological polar surface area (TPSA) is 129 Å². The first-order valence-electron chi connectivity index (χ1n) is 11.2. The predicted molar refractivity (Wildman–Crippen MR) is 121 cm³/mol. The maximum atomic E-state index is 15.0. The minimum absolute atomic E-state index is 0.0725. The molecule has 0 spiro atoms. The number of ether oxygens (including phenoxy) is 1. The fraction of sp³-hybridized carbons (Fsp3) is 0.455. The third-order valence-electron chi connectivity index (χ3n) is 5.58. The Morgan fingerprint density at radius 1 is 1.26 bits per heavy atom. The highest BCUT2D eigenvalue weighted by molar-refractivity contribution is 5.90. The molecule has 2 saturated heterocycles. The third kappa shape index (κ3) is 6.25. The largest absolute Gasteiger partial charge is 0.442 e. The Morgan fingerprint density at radius 2 is 2.11 bits per heavy atom. The number of aromatic nitrogens is 1. The molecule has 2 aromatic rings. The summed E-state index contributed by atoms with van der Waals surface area (Å²) in [5.41, 5.74) is 1.54. The minimum atomic E-state index is -0.595. The Hall–Kier alpha value is -3.71. The van der Waals surface area contributed by atoms with Crippen LogP contribution >= 0.6 is 0 Å². The fourth-order valence-corrected chi connectivity index (χ4v) is 3.82. The molecule has 188 valence electrons. The number of carbonyl (C=O) groups is 3. The van der Waals surface area contributed by atoms with Crippen molar-refractivity contribution in [2.45, 2.75) is 19.6 Å². The molecule has 35 heavy (non-hydrogen) atoms. The first-order valence-corrected chi connectivity index (χ1v) is 11.2. The van der Waals surface area contributed by atoms with Crippen molar-refractivity contribution in [2.75, 3.05) is 55.7 Å². The van der Waals surface area contributed by atoms with Gasteiger partial charge in [0.2, 0.25) is 5.91 Å². The van der Waals surface area contributed by atoms with Gasteiger partial charge in [-0.3, -0.25) is 19.3 Å². The molecule has 1 aromatic carbocycles. The number of benzene rings is 1. The van der Waals surface area contributed by atoms with Gasteiger partial charge in [-0.15, -0.1) is 0 Å². The lowest BCUT2D eigenvalue weighted by Crippen LogP contribution is -2.39. The first kappa shape index (κ1) is 24.4. The van der Waals surface area contributed by atoms with Crippen molar-refractivity contribution in [2.24, 2.45) is 0 Å². The van der Waals surface area contributed by atoms with Crippen molar-refractivity contribution >= 4 is 29.3 Å². The molecule has 0 unspecified atom stereocenters. The maximum Gasteiger partial charge on any atom is 0.414 e. The number of amides is 3. The Bertz CT molecular complexity index is 1050. The zero-order valence-corrected chi connectivity index (χ0v) is 19.2. The van der Waals surface area contributed by atoms with E-state index >= 15 is 4.39 Å². The van der Waals surface area contributed by atoms with Gasteiger partial charge in [0.25, 0.3) is 5.91 Å². The highest BCUT2D eigenvalue weighted by Gasteiger charge is 2.33. The molecule has 12 nitrogen and oxygen atoms in total. The Balaban J connectivity index is 1.31. The van der Waals surface area contributed by atoms with Crippen molar-refractivity contribution in [3.63, 3.8) is 0 Å². The summed E-state index contributed by atoms with van der Waals surface area (Å²) in [6.45, 7) is 3.52. The monoisotopic (exact) mass is 490 g/mol. The van der Waals surface area contributed by atoms with Crippen LogP contribution in [0.5, 0.6) is 0 Å². The highest BCUT2D eigenvalue weighted by Crippen LogP contribution is 2.28. The van der Waals surface area contributed by atoms with Crippen molar-refractivity contribution in [1.29, 1.82) is 0 Å². The smallest absolute Gasteiger partial charge is 0.414 e. The summed E-state index contributed by atoms with van der Waals surface area (Å²) in [5.74, 6) is -0.962. The van der Waals surface area contributed by atoms with E-state index in [-0.39, 0.29) is 44.6 Å². The van der Waals surface area contributed by atoms with Gasteiger partial charge in [-0.1, -0.05) is 5.16 Å². The number of rotatable bonds is 8. The summed E-state index contributed by atoms with van der Waals surface area (Å²) in [4.78, 5) is 44.4. The average molecular weight is 490 g/mol. The van der Waals surface area contributed by atoms with Gasteiger partial charge in [0.1, 0.15) is 18.2 Å². The normalized spacial score (nSPS) is 18.4. The number of nitrogens with one attached hydrogen (secondary N) is 2. The highest BCUT2D eigenvalue weighted by atomic mass is 19.1. The summed E-state index contributed by atoms with van der Waals surface area (Å²) < 4.78 is 25.0. The summed E-state index contributed by atoms with van der Waals surface area (Å²) in [6, 6.07) is 4.52. The lowest BCUT2D eigenvalue weighted by Gasteiger charge is -2.24. The van der Waals surface area contributed by atoms with Crippen molar-refractivity contribution in [3.05, 3.63) is 42.0 Å². The van der Waals surface area contributed by atoms with Crippen LogP contribution in [-0.4, -0.2) is 80.1 Å². The van der Waals surface area contributed by atoms with E-state index in [1.54, 1.807) is 23.2 Å². The zero-order chi connectivity index (χ0) is 24.8. The van der Waals surface area contributed by atoms with Crippen LogP contribution in [0.25, 0.3) is 0 Å². The van der Waals surface area contributed by atoms with Crippen LogP contribution in [0.1, 0.15) is 12.5 Å². The van der Waals surface area contributed by atoms with Gasteiger partial charge in [0.05, 0.1) is 50.4 Å². The van der Waals surface area contributed by atoms with Crippen LogP contribution in [0.15, 0.2) is 35.2 Å². The molecule has 2 N–H and O–H groups in total. The molecule has 1 atom stereocenters. The second kappa shape index (κ2) is 11.1. The molecule has 0 bridgehead atoms. The molecule has 1 aromatic heterocycles. The Labute approximate surface area is 200 Å². The number of nitrogens with zero attached hydrogens (tertiary/aromatic N) is 4. The summed E-state index contributed by atoms with van der Waals surface area (Å²) in [5, 5.41) is 10.5. The van der Waals surface area contributed by atoms with Crippen molar-refractivity contribution in [1.82, 2.24) is 20.9 Å². The molecular formula is C22H27FN6O6. The maximum absolute atomic E-state index is 15.0. The molecule has 0 radical (unpaired) electrons. The first-order chi connectivity index (χ1) is 16.9. The second-order valence-corrected chi connectivity index (χ2v) is 8.14. The molecular weight excluding hydrogens is 463 g/mol. The molecule has 13 heteroatoms. The van der Waals surface area contributed by atoms with E-state index in [2.05, 4.69) is 15.8 Å². The van der Waals surface area contributed by atoms with Crippen molar-refractivity contribution in [3.8, 4) is 0 Å². The molecule has 2 aliphatic rings. The third-order valence-corrected chi connectivity index (χ3v) is 5.58. The van der Waals surface area contributed by atoms with Gasteiger partial charge in [-0.05, 0) is 18.2 Å². The quantitative estimate of drug-likeness (QED) is 0.548. The Kier molecular flexibility index (Phi) is 7.77. The number of hydrogen-bond acceptors (Lipinski definition) is 9. The number of hydrogen-bond donors (Lipinski definition) is 2. The fourth-order valence-electron chi connectivity index (χ4n) is 3.82. The molecule has 2 fully saturated rings. The Morgan fingerprint density at radius 3 is 2.86 bits per heavy atom. The number of anilines is 2. The van der Waals surface area contributed by atoms with Gasteiger partial charge in [0, 0.05) is 32.1 Å². The molecule has 2 aliphatic heterocycles. The number of cyclic esters (lactones) is 1. The van der Waals surface area contributed by atoms with Crippen LogP contribution < -0.4 is 20.4 Å². The zero-order valence-electron chi connectivity index (χ0n) is 19.2. The lowest BCUT2D eigenvalue weighted by molar-refractivity contribution is -0.180. The van der Waals surface area contributed by atoms with Crippen LogP contribution in [-0.2, 0) is 25.7 Å². The van der Waals surface area contributed by atoms with Gasteiger partial charge >= 0.3 is 6.09 Å². The second-order valence-electron chi connectivity index (χ2n) is 8.14. The van der Waals surface area contributed by atoms with Gasteiger partial charge in [0.15, 0.2) is 0 Å².